The first-order valence-electron chi connectivity index (χ1n) is 9.59. The highest BCUT2D eigenvalue weighted by molar-refractivity contribution is 6.30. The number of likely N-dealkylation sites (tertiary alicyclic amines) is 1. The summed E-state index contributed by atoms with van der Waals surface area (Å²) in [5, 5.41) is 10.8. The second-order valence-corrected chi connectivity index (χ2v) is 7.48. The lowest BCUT2D eigenvalue weighted by Crippen LogP contribution is -2.36. The van der Waals surface area contributed by atoms with E-state index in [-0.39, 0.29) is 11.9 Å². The molecule has 1 aliphatic rings. The number of nitrogens with zero attached hydrogens (tertiary/aromatic N) is 2. The Hall–Kier alpha value is -2.63. The fraction of sp³-hybridized carbons (Fsp3) is 0.273. The number of benzene rings is 2. The lowest BCUT2D eigenvalue weighted by atomic mass is 10.0. The second kappa shape index (κ2) is 8.59. The number of amides is 1. The van der Waals surface area contributed by atoms with E-state index < -0.39 is 0 Å². The van der Waals surface area contributed by atoms with Crippen molar-refractivity contribution in [1.82, 2.24) is 20.4 Å². The number of carbonyl (C=O) groups excluding carboxylic acids is 1. The highest BCUT2D eigenvalue weighted by Crippen LogP contribution is 2.26. The number of aromatic amines is 1. The van der Waals surface area contributed by atoms with Crippen molar-refractivity contribution in [1.29, 1.82) is 0 Å². The summed E-state index contributed by atoms with van der Waals surface area (Å²) in [6.45, 7) is 2.70. The van der Waals surface area contributed by atoms with Crippen LogP contribution in [0.25, 0.3) is 11.3 Å². The minimum atomic E-state index is -0.126. The van der Waals surface area contributed by atoms with Gasteiger partial charge in [0.05, 0.1) is 23.5 Å². The molecule has 2 heterocycles. The number of aromatic nitrogens is 2. The average Bonchev–Trinajstić information content (AvgIpc) is 3.42. The molecule has 28 heavy (non-hydrogen) atoms. The van der Waals surface area contributed by atoms with Crippen molar-refractivity contribution < 1.29 is 4.79 Å². The Morgan fingerprint density at radius 1 is 1.11 bits per heavy atom. The van der Waals surface area contributed by atoms with Crippen LogP contribution in [0.15, 0.2) is 60.8 Å². The smallest absolute Gasteiger partial charge is 0.255 e. The monoisotopic (exact) mass is 394 g/mol. The second-order valence-electron chi connectivity index (χ2n) is 7.05. The molecular formula is C22H23ClN4O. The number of H-pyrrole nitrogens is 1. The zero-order chi connectivity index (χ0) is 19.3. The molecule has 1 unspecified atom stereocenters. The van der Waals surface area contributed by atoms with Gasteiger partial charge in [-0.05, 0) is 43.6 Å². The zero-order valence-electron chi connectivity index (χ0n) is 15.6. The van der Waals surface area contributed by atoms with Crippen molar-refractivity contribution in [3.05, 3.63) is 76.9 Å². The quantitative estimate of drug-likeness (QED) is 0.655. The van der Waals surface area contributed by atoms with Gasteiger partial charge in [-0.1, -0.05) is 54.1 Å². The van der Waals surface area contributed by atoms with E-state index in [1.54, 1.807) is 18.3 Å². The Labute approximate surface area is 169 Å². The molecule has 6 heteroatoms. The first-order chi connectivity index (χ1) is 13.7. The maximum atomic E-state index is 12.9. The normalized spacial score (nSPS) is 15.5. The topological polar surface area (TPSA) is 61.0 Å². The van der Waals surface area contributed by atoms with Crippen LogP contribution in [-0.4, -0.2) is 40.6 Å². The summed E-state index contributed by atoms with van der Waals surface area (Å²) in [6, 6.07) is 17.9. The maximum Gasteiger partial charge on any atom is 0.255 e. The molecule has 1 saturated heterocycles. The molecule has 0 spiro atoms. The van der Waals surface area contributed by atoms with Gasteiger partial charge in [0.1, 0.15) is 0 Å². The standard InChI is InChI=1S/C22H23ClN4O/c23-18-10-8-17(9-11-18)21-19(14-25-26-21)22(28)24-15-20(27-12-4-5-13-27)16-6-2-1-3-7-16/h1-3,6-11,14,20H,4-5,12-13,15H2,(H,24,28)(H,25,26). The number of halogens is 1. The van der Waals surface area contributed by atoms with Crippen LogP contribution in [0.1, 0.15) is 34.8 Å². The van der Waals surface area contributed by atoms with E-state index in [1.807, 2.05) is 18.2 Å². The highest BCUT2D eigenvalue weighted by atomic mass is 35.5. The fourth-order valence-electron chi connectivity index (χ4n) is 3.77. The largest absolute Gasteiger partial charge is 0.350 e. The maximum absolute atomic E-state index is 12.9. The van der Waals surface area contributed by atoms with Gasteiger partial charge >= 0.3 is 0 Å². The van der Waals surface area contributed by atoms with Crippen LogP contribution in [0.2, 0.25) is 5.02 Å². The number of carbonyl (C=O) groups is 1. The van der Waals surface area contributed by atoms with Gasteiger partial charge in [0.2, 0.25) is 0 Å². The molecule has 0 saturated carbocycles. The molecule has 2 aromatic carbocycles. The Kier molecular flexibility index (Phi) is 5.74. The third-order valence-electron chi connectivity index (χ3n) is 5.24. The van der Waals surface area contributed by atoms with Crippen LogP contribution < -0.4 is 5.32 Å². The Morgan fingerprint density at radius 3 is 2.54 bits per heavy atom. The van der Waals surface area contributed by atoms with Gasteiger partial charge in [0, 0.05) is 17.1 Å². The molecule has 5 nitrogen and oxygen atoms in total. The summed E-state index contributed by atoms with van der Waals surface area (Å²) in [5.41, 5.74) is 3.35. The van der Waals surface area contributed by atoms with Crippen LogP contribution >= 0.6 is 11.6 Å². The molecule has 0 aliphatic carbocycles. The van der Waals surface area contributed by atoms with Crippen LogP contribution in [0.5, 0.6) is 0 Å². The number of rotatable bonds is 6. The number of hydrogen-bond donors (Lipinski definition) is 2. The van der Waals surface area contributed by atoms with Crippen LogP contribution in [0.3, 0.4) is 0 Å². The summed E-state index contributed by atoms with van der Waals surface area (Å²) in [4.78, 5) is 15.4. The Morgan fingerprint density at radius 2 is 1.82 bits per heavy atom. The SMILES string of the molecule is O=C(NCC(c1ccccc1)N1CCCC1)c1cn[nH]c1-c1ccc(Cl)cc1. The molecule has 2 N–H and O–H groups in total. The minimum absolute atomic E-state index is 0.126. The van der Waals surface area contributed by atoms with E-state index >= 15 is 0 Å². The third-order valence-corrected chi connectivity index (χ3v) is 5.49. The van der Waals surface area contributed by atoms with Gasteiger partial charge in [-0.25, -0.2) is 0 Å². The Balaban J connectivity index is 1.50. The van der Waals surface area contributed by atoms with Gasteiger partial charge in [0.15, 0.2) is 0 Å². The lowest BCUT2D eigenvalue weighted by molar-refractivity contribution is 0.0938. The summed E-state index contributed by atoms with van der Waals surface area (Å²) in [7, 11) is 0. The molecule has 4 rings (SSSR count). The molecule has 1 amide bonds. The predicted molar refractivity (Wildman–Crippen MR) is 111 cm³/mol. The van der Waals surface area contributed by atoms with Crippen molar-refractivity contribution >= 4 is 17.5 Å². The molecule has 1 atom stereocenters. The molecule has 144 valence electrons. The van der Waals surface area contributed by atoms with Gasteiger partial charge in [-0.15, -0.1) is 0 Å². The molecule has 1 aliphatic heterocycles. The van der Waals surface area contributed by atoms with Gasteiger partial charge in [-0.3, -0.25) is 14.8 Å². The summed E-state index contributed by atoms with van der Waals surface area (Å²) in [6.07, 6.45) is 3.99. The first kappa shape index (κ1) is 18.7. The lowest BCUT2D eigenvalue weighted by Gasteiger charge is -2.28. The molecule has 3 aromatic rings. The van der Waals surface area contributed by atoms with E-state index in [1.165, 1.54) is 18.4 Å². The third kappa shape index (κ3) is 4.11. The van der Waals surface area contributed by atoms with Crippen molar-refractivity contribution in [2.45, 2.75) is 18.9 Å². The van der Waals surface area contributed by atoms with Crippen molar-refractivity contribution in [3.63, 3.8) is 0 Å². The molecular weight excluding hydrogens is 372 g/mol. The van der Waals surface area contributed by atoms with Gasteiger partial charge < -0.3 is 5.32 Å². The van der Waals surface area contributed by atoms with Crippen LogP contribution in [0, 0.1) is 0 Å². The van der Waals surface area contributed by atoms with Crippen molar-refractivity contribution in [2.24, 2.45) is 0 Å². The number of hydrogen-bond acceptors (Lipinski definition) is 3. The van der Waals surface area contributed by atoms with Gasteiger partial charge in [0.25, 0.3) is 5.91 Å². The summed E-state index contributed by atoms with van der Waals surface area (Å²) < 4.78 is 0. The first-order valence-corrected chi connectivity index (χ1v) is 9.96. The predicted octanol–water partition coefficient (Wildman–Crippen LogP) is 4.30. The van der Waals surface area contributed by atoms with E-state index in [4.69, 9.17) is 11.6 Å². The molecule has 1 aromatic heterocycles. The van der Waals surface area contributed by atoms with E-state index in [0.29, 0.717) is 22.8 Å². The van der Waals surface area contributed by atoms with Gasteiger partial charge in [-0.2, -0.15) is 5.10 Å². The Bertz CT molecular complexity index is 917. The summed E-state index contributed by atoms with van der Waals surface area (Å²) >= 11 is 5.97. The van der Waals surface area contributed by atoms with E-state index in [2.05, 4.69) is 44.7 Å². The summed E-state index contributed by atoms with van der Waals surface area (Å²) in [5.74, 6) is -0.126. The fourth-order valence-corrected chi connectivity index (χ4v) is 3.89. The highest BCUT2D eigenvalue weighted by Gasteiger charge is 2.24. The van der Waals surface area contributed by atoms with Crippen LogP contribution in [-0.2, 0) is 0 Å². The molecule has 0 radical (unpaired) electrons. The average molecular weight is 395 g/mol. The van der Waals surface area contributed by atoms with Crippen LogP contribution in [0.4, 0.5) is 0 Å². The molecule has 0 bridgehead atoms. The molecule has 1 fully saturated rings. The van der Waals surface area contributed by atoms with E-state index in [9.17, 15) is 4.79 Å². The van der Waals surface area contributed by atoms with E-state index in [0.717, 1.165) is 18.7 Å². The number of nitrogens with one attached hydrogen (secondary N) is 2. The van der Waals surface area contributed by atoms with Crippen molar-refractivity contribution in [2.75, 3.05) is 19.6 Å². The zero-order valence-corrected chi connectivity index (χ0v) is 16.3. The minimum Gasteiger partial charge on any atom is -0.350 e. The van der Waals surface area contributed by atoms with Crippen molar-refractivity contribution in [3.8, 4) is 11.3 Å².